The van der Waals surface area contributed by atoms with Gasteiger partial charge in [0.25, 0.3) is 0 Å². The van der Waals surface area contributed by atoms with Crippen LogP contribution in [0.25, 0.3) is 0 Å². The molecule has 0 bridgehead atoms. The number of unbranched alkanes of at least 4 members (excludes halogenated alkanes) is 7. The lowest BCUT2D eigenvalue weighted by molar-refractivity contribution is 0.462. The molecule has 0 saturated heterocycles. The largest absolute Gasteiger partial charge is 0.354 e. The summed E-state index contributed by atoms with van der Waals surface area (Å²) in [6.45, 7) is 5.52. The molecule has 3 heterocycles. The van der Waals surface area contributed by atoms with Gasteiger partial charge in [-0.1, -0.05) is 81.5 Å². The number of hydrogen-bond acceptors (Lipinski definition) is 4. The van der Waals surface area contributed by atoms with Crippen LogP contribution in [-0.2, 0) is 0 Å². The second-order valence-corrected chi connectivity index (χ2v) is 11.8. The zero-order valence-corrected chi connectivity index (χ0v) is 24.3. The van der Waals surface area contributed by atoms with E-state index in [1.165, 1.54) is 90.1 Å². The first-order chi connectivity index (χ1) is 19.3. The van der Waals surface area contributed by atoms with Crippen molar-refractivity contribution in [3.05, 3.63) is 109 Å². The molecule has 0 N–H and O–H groups in total. The molecular formula is C35H43N3S+. The fourth-order valence-corrected chi connectivity index (χ4v) is 6.60. The molecule has 0 aromatic heterocycles. The summed E-state index contributed by atoms with van der Waals surface area (Å²) in [5.41, 5.74) is 5.32. The van der Waals surface area contributed by atoms with Crippen molar-refractivity contribution in [1.82, 2.24) is 9.80 Å². The van der Waals surface area contributed by atoms with E-state index in [1.54, 1.807) is 0 Å². The highest BCUT2D eigenvalue weighted by Crippen LogP contribution is 2.47. The highest BCUT2D eigenvalue weighted by molar-refractivity contribution is 7.99. The molecule has 39 heavy (non-hydrogen) atoms. The molecule has 3 aliphatic heterocycles. The molecule has 0 fully saturated rings. The summed E-state index contributed by atoms with van der Waals surface area (Å²) in [6.07, 6.45) is 29.5. The minimum absolute atomic E-state index is 1.08. The minimum atomic E-state index is 1.08. The standard InChI is InChI=1S/C35H43N3S/c1-2-23-36-26-19-30(20-27-36)31-21-28-37(29-22-31)24-13-7-5-3-4-6-8-14-25-38-32-15-9-11-17-34(32)39-35-18-12-10-16-33(35)38/h9-12,15-22,26-29H,2-8,13-14,23-25H2,1H3/q+1. The first-order valence-electron chi connectivity index (χ1n) is 14.9. The van der Waals surface area contributed by atoms with Gasteiger partial charge in [-0.2, -0.15) is 0 Å². The van der Waals surface area contributed by atoms with Crippen LogP contribution in [0, 0.1) is 0 Å². The molecule has 0 atom stereocenters. The van der Waals surface area contributed by atoms with Gasteiger partial charge in [0.15, 0.2) is 0 Å². The average molecular weight is 538 g/mol. The van der Waals surface area contributed by atoms with Gasteiger partial charge in [-0.25, -0.2) is 0 Å². The first-order valence-corrected chi connectivity index (χ1v) is 15.8. The van der Waals surface area contributed by atoms with Crippen molar-refractivity contribution in [2.75, 3.05) is 24.5 Å². The molecule has 2 aromatic carbocycles. The van der Waals surface area contributed by atoms with E-state index in [9.17, 15) is 0 Å². The number of para-hydroxylation sites is 2. The van der Waals surface area contributed by atoms with Crippen molar-refractivity contribution < 1.29 is 0 Å². The Bertz CT molecular complexity index is 1160. The van der Waals surface area contributed by atoms with Crippen LogP contribution in [0.15, 0.2) is 119 Å². The Morgan fingerprint density at radius 3 is 1.72 bits per heavy atom. The summed E-state index contributed by atoms with van der Waals surface area (Å²) in [4.78, 5) is 9.87. The molecule has 0 unspecified atom stereocenters. The van der Waals surface area contributed by atoms with Crippen LogP contribution in [0.2, 0.25) is 0 Å². The lowest BCUT2D eigenvalue weighted by Gasteiger charge is -2.32. The molecule has 2 aromatic rings. The monoisotopic (exact) mass is 537 g/mol. The van der Waals surface area contributed by atoms with Gasteiger partial charge in [-0.3, -0.25) is 0 Å². The number of anilines is 2. The van der Waals surface area contributed by atoms with Gasteiger partial charge in [0.2, 0.25) is 0 Å². The topological polar surface area (TPSA) is 12.4 Å². The molecule has 0 amide bonds. The fourth-order valence-electron chi connectivity index (χ4n) is 5.50. The number of fused-ring (bicyclic) bond motifs is 2. The smallest absolute Gasteiger partial charge is 0.150 e. The second kappa shape index (κ2) is 14.4. The molecule has 0 spiro atoms. The maximum atomic E-state index is 2.54. The van der Waals surface area contributed by atoms with E-state index in [2.05, 4.69) is 119 Å². The highest BCUT2D eigenvalue weighted by Gasteiger charge is 2.22. The van der Waals surface area contributed by atoms with Crippen molar-refractivity contribution in [2.24, 2.45) is 0 Å². The van der Waals surface area contributed by atoms with Gasteiger partial charge in [0.1, 0.15) is 18.9 Å². The van der Waals surface area contributed by atoms with Crippen molar-refractivity contribution in [2.45, 2.75) is 74.5 Å². The Balaban J connectivity index is 0.935. The van der Waals surface area contributed by atoms with Crippen LogP contribution in [0.1, 0.15) is 64.7 Å². The van der Waals surface area contributed by atoms with Gasteiger partial charge < -0.3 is 9.80 Å². The van der Waals surface area contributed by atoms with Crippen molar-refractivity contribution in [1.29, 1.82) is 0 Å². The summed E-state index contributed by atoms with van der Waals surface area (Å²) in [6, 6.07) is 17.7. The van der Waals surface area contributed by atoms with Gasteiger partial charge in [-0.15, -0.1) is 4.90 Å². The Labute approximate surface area is 240 Å². The molecule has 3 aliphatic rings. The fraction of sp³-hybridized carbons (Fsp3) is 0.371. The number of nitrogens with zero attached hydrogens (tertiary/aromatic N) is 3. The van der Waals surface area contributed by atoms with Crippen molar-refractivity contribution in [3.8, 4) is 0 Å². The average Bonchev–Trinajstić information content (AvgIpc) is 2.98. The van der Waals surface area contributed by atoms with E-state index in [0.717, 1.165) is 19.6 Å². The summed E-state index contributed by atoms with van der Waals surface area (Å²) in [5, 5.41) is 0. The Morgan fingerprint density at radius 1 is 0.615 bits per heavy atom. The number of rotatable bonds is 13. The molecule has 0 aliphatic carbocycles. The molecule has 4 heteroatoms. The molecular weight excluding hydrogens is 494 g/mol. The molecule has 0 saturated carbocycles. The summed E-state index contributed by atoms with van der Waals surface area (Å²) >= 11 is 1.90. The predicted octanol–water partition coefficient (Wildman–Crippen LogP) is 9.64. The maximum Gasteiger partial charge on any atom is 0.150 e. The molecule has 203 valence electrons. The zero-order valence-electron chi connectivity index (χ0n) is 23.5. The van der Waals surface area contributed by atoms with Crippen LogP contribution in [0.5, 0.6) is 0 Å². The number of hydrogen-bond donors (Lipinski definition) is 0. The SMILES string of the molecule is CCC[N+]1C=CC(=C2C=CN(CCCCCCCCCCN3c4ccccc4Sc4ccccc43)C=C2)C=C1. The third-order valence-electron chi connectivity index (χ3n) is 7.68. The highest BCUT2D eigenvalue weighted by atomic mass is 32.2. The van der Waals surface area contributed by atoms with Crippen LogP contribution in [0.3, 0.4) is 0 Å². The third kappa shape index (κ3) is 7.58. The third-order valence-corrected chi connectivity index (χ3v) is 8.81. The Kier molecular flexibility index (Phi) is 10.2. The van der Waals surface area contributed by atoms with E-state index in [-0.39, 0.29) is 0 Å². The zero-order chi connectivity index (χ0) is 26.7. The van der Waals surface area contributed by atoms with Gasteiger partial charge in [-0.05, 0) is 66.8 Å². The van der Waals surface area contributed by atoms with Crippen molar-refractivity contribution in [3.63, 3.8) is 0 Å². The second-order valence-electron chi connectivity index (χ2n) is 10.7. The Morgan fingerprint density at radius 2 is 1.13 bits per heavy atom. The molecule has 5 rings (SSSR count). The van der Waals surface area contributed by atoms with Crippen LogP contribution in [-0.4, -0.2) is 24.5 Å². The lowest BCUT2D eigenvalue weighted by Crippen LogP contribution is -2.21. The minimum Gasteiger partial charge on any atom is -0.354 e. The maximum absolute atomic E-state index is 2.54. The van der Waals surface area contributed by atoms with E-state index >= 15 is 0 Å². The summed E-state index contributed by atoms with van der Waals surface area (Å²) < 4.78 is 0. The van der Waals surface area contributed by atoms with E-state index in [4.69, 9.17) is 0 Å². The normalized spacial score (nSPS) is 16.2. The number of benzene rings is 2. The van der Waals surface area contributed by atoms with Crippen LogP contribution < -0.4 is 9.80 Å². The van der Waals surface area contributed by atoms with E-state index in [1.807, 2.05) is 11.8 Å². The van der Waals surface area contributed by atoms with Gasteiger partial charge in [0, 0.05) is 47.4 Å². The van der Waals surface area contributed by atoms with Crippen LogP contribution in [0.4, 0.5) is 11.4 Å². The van der Waals surface area contributed by atoms with Gasteiger partial charge in [0.05, 0.1) is 11.4 Å². The lowest BCUT2D eigenvalue weighted by atomic mass is 10.0. The number of allylic oxidation sites excluding steroid dienone is 6. The molecule has 3 nitrogen and oxygen atoms in total. The molecule has 1 radical (unpaired) electrons. The van der Waals surface area contributed by atoms with Gasteiger partial charge >= 0.3 is 0 Å². The summed E-state index contributed by atoms with van der Waals surface area (Å²) in [7, 11) is 0. The van der Waals surface area contributed by atoms with E-state index in [0.29, 0.717) is 0 Å². The van der Waals surface area contributed by atoms with E-state index < -0.39 is 0 Å². The quantitative estimate of drug-likeness (QED) is 0.186. The predicted molar refractivity (Wildman–Crippen MR) is 169 cm³/mol. The first kappa shape index (κ1) is 27.6. The van der Waals surface area contributed by atoms with Crippen molar-refractivity contribution >= 4 is 23.1 Å². The summed E-state index contributed by atoms with van der Waals surface area (Å²) in [5.74, 6) is 0. The van der Waals surface area contributed by atoms with Crippen LogP contribution >= 0.6 is 11.8 Å². The Hall–Kier alpha value is -2.95.